The van der Waals surface area contributed by atoms with Gasteiger partial charge in [-0.2, -0.15) is 5.26 Å². The maximum atomic E-state index is 11.7. The number of ether oxygens (including phenoxy) is 1. The summed E-state index contributed by atoms with van der Waals surface area (Å²) in [6, 6.07) is 11.0. The summed E-state index contributed by atoms with van der Waals surface area (Å²) in [4.78, 5) is 11.7. The minimum atomic E-state index is -1.17. The summed E-state index contributed by atoms with van der Waals surface area (Å²) in [6.07, 6.45) is 0.403. The molecular weight excluding hydrogens is 190 g/mol. The Balaban J connectivity index is 3.25. The first-order chi connectivity index (χ1) is 7.21. The molecule has 15 heavy (non-hydrogen) atoms. The number of hydrogen-bond acceptors (Lipinski definition) is 3. The van der Waals surface area contributed by atoms with Gasteiger partial charge >= 0.3 is 5.97 Å². The molecule has 0 spiro atoms. The lowest BCUT2D eigenvalue weighted by Gasteiger charge is -2.22. The van der Waals surface area contributed by atoms with Crippen LogP contribution in [0.25, 0.3) is 0 Å². The molecule has 1 rings (SSSR count). The highest BCUT2D eigenvalue weighted by Crippen LogP contribution is 2.28. The third kappa shape index (κ3) is 1.84. The van der Waals surface area contributed by atoms with Gasteiger partial charge in [0.25, 0.3) is 0 Å². The van der Waals surface area contributed by atoms with E-state index < -0.39 is 11.4 Å². The summed E-state index contributed by atoms with van der Waals surface area (Å²) in [5, 5.41) is 9.18. The molecule has 0 radical (unpaired) electrons. The van der Waals surface area contributed by atoms with Crippen LogP contribution in [0.5, 0.6) is 0 Å². The third-order valence-electron chi connectivity index (χ3n) is 2.52. The van der Waals surface area contributed by atoms with Crippen LogP contribution in [0.15, 0.2) is 30.3 Å². The Labute approximate surface area is 89.3 Å². The first-order valence-corrected chi connectivity index (χ1v) is 4.76. The van der Waals surface area contributed by atoms with Crippen molar-refractivity contribution in [2.45, 2.75) is 18.8 Å². The zero-order valence-corrected chi connectivity index (χ0v) is 8.86. The summed E-state index contributed by atoms with van der Waals surface area (Å²) in [5.41, 5.74) is -0.488. The molecule has 0 heterocycles. The lowest BCUT2D eigenvalue weighted by molar-refractivity contribution is -0.145. The quantitative estimate of drug-likeness (QED) is 0.706. The predicted octanol–water partition coefficient (Wildman–Crippen LogP) is 2.03. The first-order valence-electron chi connectivity index (χ1n) is 4.76. The maximum absolute atomic E-state index is 11.7. The molecule has 1 atom stereocenters. The van der Waals surface area contributed by atoms with Gasteiger partial charge in [-0.15, -0.1) is 0 Å². The molecule has 0 saturated carbocycles. The second-order valence-corrected chi connectivity index (χ2v) is 3.23. The number of nitrogens with zero attached hydrogens (tertiary/aromatic N) is 1. The van der Waals surface area contributed by atoms with E-state index in [2.05, 4.69) is 6.07 Å². The van der Waals surface area contributed by atoms with Crippen LogP contribution in [0.1, 0.15) is 18.9 Å². The lowest BCUT2D eigenvalue weighted by atomic mass is 9.79. The van der Waals surface area contributed by atoms with Crippen molar-refractivity contribution < 1.29 is 9.53 Å². The van der Waals surface area contributed by atoms with Crippen LogP contribution >= 0.6 is 0 Å². The Kier molecular flexibility index (Phi) is 3.46. The fourth-order valence-corrected chi connectivity index (χ4v) is 1.55. The number of rotatable bonds is 3. The van der Waals surface area contributed by atoms with Crippen LogP contribution in [0.4, 0.5) is 0 Å². The summed E-state index contributed by atoms with van der Waals surface area (Å²) in [5.74, 6) is -0.501. The molecular formula is C12H13NO2. The predicted molar refractivity (Wildman–Crippen MR) is 56.0 cm³/mol. The Morgan fingerprint density at radius 2 is 2.07 bits per heavy atom. The van der Waals surface area contributed by atoms with E-state index in [1.807, 2.05) is 6.07 Å². The van der Waals surface area contributed by atoms with E-state index in [1.54, 1.807) is 31.2 Å². The molecule has 0 aromatic heterocycles. The van der Waals surface area contributed by atoms with Crippen molar-refractivity contribution in [3.8, 4) is 6.07 Å². The highest BCUT2D eigenvalue weighted by Gasteiger charge is 2.39. The number of carbonyl (C=O) groups excluding carboxylic acids is 1. The van der Waals surface area contributed by atoms with E-state index in [9.17, 15) is 10.1 Å². The average molecular weight is 203 g/mol. The minimum Gasteiger partial charge on any atom is -0.468 e. The van der Waals surface area contributed by atoms with Crippen LogP contribution < -0.4 is 0 Å². The molecule has 0 N–H and O–H groups in total. The van der Waals surface area contributed by atoms with Gasteiger partial charge in [0.05, 0.1) is 13.2 Å². The van der Waals surface area contributed by atoms with Gasteiger partial charge in [0.2, 0.25) is 0 Å². The van der Waals surface area contributed by atoms with Gasteiger partial charge in [-0.25, -0.2) is 4.79 Å². The van der Waals surface area contributed by atoms with E-state index >= 15 is 0 Å². The molecule has 0 aliphatic heterocycles. The van der Waals surface area contributed by atoms with Crippen molar-refractivity contribution in [3.05, 3.63) is 35.9 Å². The van der Waals surface area contributed by atoms with Crippen molar-refractivity contribution in [1.82, 2.24) is 0 Å². The smallest absolute Gasteiger partial charge is 0.330 e. The Hall–Kier alpha value is -1.82. The number of nitriles is 1. The second kappa shape index (κ2) is 4.61. The standard InChI is InChI=1S/C12H13NO2/c1-3-12(9-13,11(14)15-2)10-7-5-4-6-8-10/h4-8H,3H2,1-2H3. The van der Waals surface area contributed by atoms with Crippen LogP contribution in [-0.4, -0.2) is 13.1 Å². The van der Waals surface area contributed by atoms with Crippen LogP contribution in [-0.2, 0) is 14.9 Å². The Morgan fingerprint density at radius 3 is 2.47 bits per heavy atom. The van der Waals surface area contributed by atoms with Crippen molar-refractivity contribution in [2.75, 3.05) is 7.11 Å². The van der Waals surface area contributed by atoms with E-state index in [0.717, 1.165) is 0 Å². The van der Waals surface area contributed by atoms with Gasteiger partial charge in [0.15, 0.2) is 5.41 Å². The number of carbonyl (C=O) groups is 1. The molecule has 0 bridgehead atoms. The van der Waals surface area contributed by atoms with Crippen LogP contribution in [0, 0.1) is 11.3 Å². The number of benzene rings is 1. The third-order valence-corrected chi connectivity index (χ3v) is 2.52. The SMILES string of the molecule is CCC(C#N)(C(=O)OC)c1ccccc1. The minimum absolute atomic E-state index is 0.403. The molecule has 78 valence electrons. The molecule has 1 aromatic carbocycles. The van der Waals surface area contributed by atoms with Gasteiger partial charge in [0, 0.05) is 0 Å². The summed E-state index contributed by atoms with van der Waals surface area (Å²) < 4.78 is 4.69. The molecule has 0 fully saturated rings. The summed E-state index contributed by atoms with van der Waals surface area (Å²) >= 11 is 0. The molecule has 3 nitrogen and oxygen atoms in total. The number of esters is 1. The molecule has 0 aliphatic carbocycles. The molecule has 0 saturated heterocycles. The Bertz CT molecular complexity index is 380. The van der Waals surface area contributed by atoms with Crippen LogP contribution in [0.3, 0.4) is 0 Å². The van der Waals surface area contributed by atoms with Gasteiger partial charge in [-0.05, 0) is 12.0 Å². The molecule has 0 amide bonds. The fraction of sp³-hybridized carbons (Fsp3) is 0.333. The van der Waals surface area contributed by atoms with Gasteiger partial charge in [-0.3, -0.25) is 0 Å². The lowest BCUT2D eigenvalue weighted by Crippen LogP contribution is -2.34. The number of methoxy groups -OCH3 is 1. The average Bonchev–Trinajstić information content (AvgIpc) is 2.32. The first kappa shape index (κ1) is 11.3. The van der Waals surface area contributed by atoms with E-state index in [-0.39, 0.29) is 0 Å². The van der Waals surface area contributed by atoms with Crippen molar-refractivity contribution in [1.29, 1.82) is 5.26 Å². The molecule has 0 aliphatic rings. The van der Waals surface area contributed by atoms with Gasteiger partial charge in [0.1, 0.15) is 0 Å². The zero-order valence-electron chi connectivity index (χ0n) is 8.86. The summed E-state index contributed by atoms with van der Waals surface area (Å²) in [6.45, 7) is 1.80. The molecule has 1 aromatic rings. The largest absolute Gasteiger partial charge is 0.468 e. The highest BCUT2D eigenvalue weighted by atomic mass is 16.5. The van der Waals surface area contributed by atoms with Gasteiger partial charge in [-0.1, -0.05) is 37.3 Å². The normalized spacial score (nSPS) is 13.7. The van der Waals surface area contributed by atoms with E-state index in [4.69, 9.17) is 4.74 Å². The fourth-order valence-electron chi connectivity index (χ4n) is 1.55. The summed E-state index contributed by atoms with van der Waals surface area (Å²) in [7, 11) is 1.30. The molecule has 1 unspecified atom stereocenters. The van der Waals surface area contributed by atoms with E-state index in [1.165, 1.54) is 7.11 Å². The Morgan fingerprint density at radius 1 is 1.47 bits per heavy atom. The van der Waals surface area contributed by atoms with Crippen molar-refractivity contribution in [2.24, 2.45) is 0 Å². The zero-order chi connectivity index (χ0) is 11.3. The monoisotopic (exact) mass is 203 g/mol. The second-order valence-electron chi connectivity index (χ2n) is 3.23. The van der Waals surface area contributed by atoms with Crippen molar-refractivity contribution in [3.63, 3.8) is 0 Å². The van der Waals surface area contributed by atoms with Gasteiger partial charge < -0.3 is 4.74 Å². The van der Waals surface area contributed by atoms with E-state index in [0.29, 0.717) is 12.0 Å². The van der Waals surface area contributed by atoms with Crippen molar-refractivity contribution >= 4 is 5.97 Å². The molecule has 3 heteroatoms. The van der Waals surface area contributed by atoms with Crippen LogP contribution in [0.2, 0.25) is 0 Å². The topological polar surface area (TPSA) is 50.1 Å². The highest BCUT2D eigenvalue weighted by molar-refractivity contribution is 5.86. The maximum Gasteiger partial charge on any atom is 0.330 e. The number of hydrogen-bond donors (Lipinski definition) is 0.